The summed E-state index contributed by atoms with van der Waals surface area (Å²) in [4.78, 5) is 19.3. The second-order valence-electron chi connectivity index (χ2n) is 6.89. The lowest BCUT2D eigenvalue weighted by Gasteiger charge is -2.38. The maximum Gasteiger partial charge on any atom is 0.325 e. The second-order valence-corrected chi connectivity index (χ2v) is 7.80. The molecule has 0 N–H and O–H groups in total. The summed E-state index contributed by atoms with van der Waals surface area (Å²) in [5.41, 5.74) is 3.82. The molecule has 0 amide bonds. The number of rotatable bonds is 5. The first-order chi connectivity index (χ1) is 14.6. The fraction of sp³-hybridized carbons (Fsp3) is 0.167. The summed E-state index contributed by atoms with van der Waals surface area (Å²) in [6, 6.07) is 23.6. The Morgan fingerprint density at radius 1 is 1.03 bits per heavy atom. The van der Waals surface area contributed by atoms with Gasteiger partial charge in [0.25, 0.3) is 0 Å². The minimum atomic E-state index is -0.329. The number of benzene rings is 3. The lowest BCUT2D eigenvalue weighted by molar-refractivity contribution is -0.141. The number of carbonyl (C=O) groups is 1. The topological polar surface area (TPSA) is 51.1 Å². The minimum absolute atomic E-state index is 0.0675. The van der Waals surface area contributed by atoms with Crippen molar-refractivity contribution >= 4 is 33.4 Å². The van der Waals surface area contributed by atoms with Crippen molar-refractivity contribution in [1.82, 2.24) is 4.90 Å². The molecule has 1 atom stereocenters. The fourth-order valence-electron chi connectivity index (χ4n) is 3.67. The van der Waals surface area contributed by atoms with Crippen LogP contribution in [0.15, 0.2) is 82.3 Å². The van der Waals surface area contributed by atoms with Crippen LogP contribution in [0.3, 0.4) is 0 Å². The quantitative estimate of drug-likeness (QED) is 0.492. The third kappa shape index (κ3) is 3.96. The van der Waals surface area contributed by atoms with Crippen molar-refractivity contribution in [2.24, 2.45) is 4.99 Å². The third-order valence-corrected chi connectivity index (χ3v) is 5.56. The van der Waals surface area contributed by atoms with E-state index in [-0.39, 0.29) is 18.6 Å². The number of aliphatic imine (C=N–C) groups is 1. The van der Waals surface area contributed by atoms with E-state index in [9.17, 15) is 4.79 Å². The van der Waals surface area contributed by atoms with Crippen LogP contribution in [0.2, 0.25) is 0 Å². The molecule has 0 saturated heterocycles. The molecule has 6 heteroatoms. The van der Waals surface area contributed by atoms with E-state index >= 15 is 0 Å². The first-order valence-corrected chi connectivity index (χ1v) is 10.3. The molecule has 152 valence electrons. The molecule has 0 aromatic heterocycles. The first kappa shape index (κ1) is 20.2. The predicted octanol–water partition coefficient (Wildman–Crippen LogP) is 5.11. The molecule has 0 spiro atoms. The molecular formula is C24H21BrN2O3. The molecule has 0 aliphatic carbocycles. The van der Waals surface area contributed by atoms with E-state index in [1.165, 1.54) is 7.11 Å². The summed E-state index contributed by atoms with van der Waals surface area (Å²) in [5.74, 6) is 1.10. The lowest BCUT2D eigenvalue weighted by atomic mass is 9.93. The molecule has 0 saturated carbocycles. The van der Waals surface area contributed by atoms with Crippen LogP contribution in [0.25, 0.3) is 0 Å². The highest BCUT2D eigenvalue weighted by Gasteiger charge is 2.33. The second kappa shape index (κ2) is 8.71. The van der Waals surface area contributed by atoms with E-state index in [2.05, 4.69) is 34.1 Å². The number of halogens is 1. The summed E-state index contributed by atoms with van der Waals surface area (Å²) in [7, 11) is 3.03. The van der Waals surface area contributed by atoms with Crippen LogP contribution in [-0.4, -0.2) is 37.5 Å². The van der Waals surface area contributed by atoms with Crippen molar-refractivity contribution in [2.75, 3.05) is 20.8 Å². The summed E-state index contributed by atoms with van der Waals surface area (Å²) in [5, 5.41) is 0. The zero-order valence-corrected chi connectivity index (χ0v) is 18.3. The Labute approximate surface area is 184 Å². The van der Waals surface area contributed by atoms with E-state index in [0.29, 0.717) is 5.84 Å². The monoisotopic (exact) mass is 464 g/mol. The summed E-state index contributed by atoms with van der Waals surface area (Å²) in [6.07, 6.45) is 0. The number of hydrogen-bond acceptors (Lipinski definition) is 5. The van der Waals surface area contributed by atoms with Crippen molar-refractivity contribution in [1.29, 1.82) is 0 Å². The van der Waals surface area contributed by atoms with Gasteiger partial charge < -0.3 is 14.4 Å². The summed E-state index contributed by atoms with van der Waals surface area (Å²) >= 11 is 3.58. The Hall–Kier alpha value is -3.12. The average Bonchev–Trinajstić information content (AvgIpc) is 2.79. The van der Waals surface area contributed by atoms with Crippen molar-refractivity contribution in [3.63, 3.8) is 0 Å². The van der Waals surface area contributed by atoms with E-state index in [0.717, 1.165) is 32.6 Å². The molecule has 0 bridgehead atoms. The minimum Gasteiger partial charge on any atom is -0.497 e. The highest BCUT2D eigenvalue weighted by Crippen LogP contribution is 2.41. The van der Waals surface area contributed by atoms with Gasteiger partial charge in [0.1, 0.15) is 18.1 Å². The van der Waals surface area contributed by atoms with Crippen molar-refractivity contribution in [3.05, 3.63) is 94.0 Å². The molecule has 0 unspecified atom stereocenters. The van der Waals surface area contributed by atoms with E-state index < -0.39 is 0 Å². The summed E-state index contributed by atoms with van der Waals surface area (Å²) in [6.45, 7) is 0.0675. The SMILES string of the molecule is COC(=O)CN1C(c2cccc(OC)c2)=Nc2ccc(Br)cc2[C@H]1c1ccccc1. The molecule has 4 rings (SSSR count). The zero-order valence-electron chi connectivity index (χ0n) is 16.7. The third-order valence-electron chi connectivity index (χ3n) is 5.06. The smallest absolute Gasteiger partial charge is 0.325 e. The standard InChI is InChI=1S/C24H21BrN2O3/c1-29-19-10-6-9-17(13-19)24-26-21-12-11-18(25)14-20(21)23(16-7-4-3-5-8-16)27(24)15-22(28)30-2/h3-14,23H,15H2,1-2H3/t23-/m1/s1. The Balaban J connectivity index is 1.94. The molecule has 1 aliphatic rings. The molecular weight excluding hydrogens is 444 g/mol. The average molecular weight is 465 g/mol. The largest absolute Gasteiger partial charge is 0.497 e. The molecule has 3 aromatic rings. The number of esters is 1. The predicted molar refractivity (Wildman–Crippen MR) is 120 cm³/mol. The van der Waals surface area contributed by atoms with Crippen molar-refractivity contribution in [2.45, 2.75) is 6.04 Å². The maximum absolute atomic E-state index is 12.4. The molecule has 1 aliphatic heterocycles. The number of carbonyl (C=O) groups excluding carboxylic acids is 1. The molecule has 0 fully saturated rings. The van der Waals surface area contributed by atoms with E-state index in [4.69, 9.17) is 14.5 Å². The number of ether oxygens (including phenoxy) is 2. The van der Waals surface area contributed by atoms with Crippen LogP contribution in [0.5, 0.6) is 5.75 Å². The van der Waals surface area contributed by atoms with Crippen molar-refractivity contribution in [3.8, 4) is 5.75 Å². The van der Waals surface area contributed by atoms with Crippen LogP contribution < -0.4 is 4.74 Å². The van der Waals surface area contributed by atoms with Crippen molar-refractivity contribution < 1.29 is 14.3 Å². The van der Waals surface area contributed by atoms with Crippen LogP contribution in [-0.2, 0) is 9.53 Å². The number of hydrogen-bond donors (Lipinski definition) is 0. The maximum atomic E-state index is 12.4. The molecule has 5 nitrogen and oxygen atoms in total. The first-order valence-electron chi connectivity index (χ1n) is 9.51. The molecule has 0 radical (unpaired) electrons. The van der Waals surface area contributed by atoms with Gasteiger partial charge in [0.15, 0.2) is 0 Å². The van der Waals surface area contributed by atoms with Crippen LogP contribution in [0.1, 0.15) is 22.7 Å². The summed E-state index contributed by atoms with van der Waals surface area (Å²) < 4.78 is 11.4. The van der Waals surface area contributed by atoms with Gasteiger partial charge in [-0.25, -0.2) is 4.99 Å². The van der Waals surface area contributed by atoms with Gasteiger partial charge in [-0.2, -0.15) is 0 Å². The number of methoxy groups -OCH3 is 2. The van der Waals surface area contributed by atoms with Crippen LogP contribution in [0.4, 0.5) is 5.69 Å². The Morgan fingerprint density at radius 2 is 1.83 bits per heavy atom. The number of nitrogens with zero attached hydrogens (tertiary/aromatic N) is 2. The fourth-order valence-corrected chi connectivity index (χ4v) is 4.05. The van der Waals surface area contributed by atoms with Gasteiger partial charge >= 0.3 is 5.97 Å². The Bertz CT molecular complexity index is 1100. The lowest BCUT2D eigenvalue weighted by Crippen LogP contribution is -2.42. The number of amidine groups is 1. The van der Waals surface area contributed by atoms with Gasteiger partial charge in [0.2, 0.25) is 0 Å². The van der Waals surface area contributed by atoms with Gasteiger partial charge in [-0.1, -0.05) is 58.4 Å². The van der Waals surface area contributed by atoms with Gasteiger partial charge in [-0.05, 0) is 35.9 Å². The normalized spacial score (nSPS) is 15.2. The Morgan fingerprint density at radius 3 is 2.57 bits per heavy atom. The highest BCUT2D eigenvalue weighted by molar-refractivity contribution is 9.10. The zero-order chi connectivity index (χ0) is 21.1. The van der Waals surface area contributed by atoms with Gasteiger partial charge in [-0.3, -0.25) is 4.79 Å². The van der Waals surface area contributed by atoms with Crippen LogP contribution in [0, 0.1) is 0 Å². The van der Waals surface area contributed by atoms with Gasteiger partial charge in [-0.15, -0.1) is 0 Å². The molecule has 1 heterocycles. The van der Waals surface area contributed by atoms with Crippen LogP contribution >= 0.6 is 15.9 Å². The van der Waals surface area contributed by atoms with E-state index in [1.807, 2.05) is 59.5 Å². The van der Waals surface area contributed by atoms with Gasteiger partial charge in [0, 0.05) is 15.6 Å². The highest BCUT2D eigenvalue weighted by atomic mass is 79.9. The molecule has 3 aromatic carbocycles. The molecule has 30 heavy (non-hydrogen) atoms. The number of fused-ring (bicyclic) bond motifs is 1. The Kier molecular flexibility index (Phi) is 5.86. The van der Waals surface area contributed by atoms with E-state index in [1.54, 1.807) is 7.11 Å². The van der Waals surface area contributed by atoms with Gasteiger partial charge in [0.05, 0.1) is 25.9 Å².